The molecule has 0 bridgehead atoms. The molecular formula is C11H22. The van der Waals surface area contributed by atoms with Crippen molar-refractivity contribution in [2.45, 2.75) is 41.0 Å². The predicted octanol–water partition coefficient (Wildman–Crippen LogP) is 4.19. The van der Waals surface area contributed by atoms with Crippen LogP contribution in [0.25, 0.3) is 0 Å². The quantitative estimate of drug-likeness (QED) is 0.523. The molecule has 0 unspecified atom stereocenters. The molecule has 66 valence electrons. The normalized spacial score (nSPS) is 10.7. The van der Waals surface area contributed by atoms with Gasteiger partial charge in [-0.05, 0) is 26.2 Å². The van der Waals surface area contributed by atoms with Gasteiger partial charge in [0.05, 0.1) is 0 Å². The van der Waals surface area contributed by atoms with Gasteiger partial charge in [0.1, 0.15) is 0 Å². The van der Waals surface area contributed by atoms with E-state index in [0.717, 1.165) is 12.3 Å². The van der Waals surface area contributed by atoms with Gasteiger partial charge in [-0.3, -0.25) is 0 Å². The molecule has 0 spiro atoms. The van der Waals surface area contributed by atoms with E-state index in [9.17, 15) is 0 Å². The minimum absolute atomic E-state index is 0.722. The standard InChI is InChI=1S/C7H14.C4H8/c1-4-5-6-7(2)3;1-3-4-2/h5-7H,4H2,1-3H3;3-4H,1-2H3/b6-5+;4-3-. The van der Waals surface area contributed by atoms with E-state index < -0.39 is 0 Å². The topological polar surface area (TPSA) is 0 Å². The van der Waals surface area contributed by atoms with Crippen molar-refractivity contribution in [1.82, 2.24) is 0 Å². The highest BCUT2D eigenvalue weighted by molar-refractivity contribution is 4.82. The molecule has 0 aliphatic carbocycles. The lowest BCUT2D eigenvalue weighted by molar-refractivity contribution is 0.826. The van der Waals surface area contributed by atoms with Gasteiger partial charge in [-0.25, -0.2) is 0 Å². The monoisotopic (exact) mass is 154 g/mol. The third-order valence-electron chi connectivity index (χ3n) is 1.09. The summed E-state index contributed by atoms with van der Waals surface area (Å²) in [6.07, 6.45) is 9.59. The second-order valence-corrected chi connectivity index (χ2v) is 2.75. The van der Waals surface area contributed by atoms with E-state index >= 15 is 0 Å². The van der Waals surface area contributed by atoms with Gasteiger partial charge in [-0.15, -0.1) is 0 Å². The molecule has 0 aliphatic rings. The zero-order valence-electron chi connectivity index (χ0n) is 8.59. The summed E-state index contributed by atoms with van der Waals surface area (Å²) < 4.78 is 0. The lowest BCUT2D eigenvalue weighted by atomic mass is 10.2. The third kappa shape index (κ3) is 26.4. The molecule has 0 aromatic heterocycles. The third-order valence-corrected chi connectivity index (χ3v) is 1.09. The Balaban J connectivity index is 0. The van der Waals surface area contributed by atoms with Crippen LogP contribution in [0.5, 0.6) is 0 Å². The molecule has 0 N–H and O–H groups in total. The van der Waals surface area contributed by atoms with Crippen LogP contribution in [0.15, 0.2) is 24.3 Å². The summed E-state index contributed by atoms with van der Waals surface area (Å²) in [5, 5.41) is 0. The second-order valence-electron chi connectivity index (χ2n) is 2.75. The van der Waals surface area contributed by atoms with Gasteiger partial charge in [0.25, 0.3) is 0 Å². The van der Waals surface area contributed by atoms with Crippen LogP contribution in [0.3, 0.4) is 0 Å². The minimum atomic E-state index is 0.722. The summed E-state index contributed by atoms with van der Waals surface area (Å²) in [5.74, 6) is 0.722. The Bertz CT molecular complexity index is 92.6. The van der Waals surface area contributed by atoms with Crippen LogP contribution in [0.4, 0.5) is 0 Å². The largest absolute Gasteiger partial charge is 0.0919 e. The predicted molar refractivity (Wildman–Crippen MR) is 54.8 cm³/mol. The number of rotatable bonds is 2. The maximum atomic E-state index is 2.22. The molecule has 11 heavy (non-hydrogen) atoms. The molecule has 0 rings (SSSR count). The molecule has 0 heteroatoms. The summed E-state index contributed by atoms with van der Waals surface area (Å²) in [6, 6.07) is 0. The van der Waals surface area contributed by atoms with Crippen LogP contribution in [-0.2, 0) is 0 Å². The van der Waals surface area contributed by atoms with Gasteiger partial charge in [0.2, 0.25) is 0 Å². The van der Waals surface area contributed by atoms with E-state index in [-0.39, 0.29) is 0 Å². The molecule has 0 aromatic rings. The fraction of sp³-hybridized carbons (Fsp3) is 0.636. The highest BCUT2D eigenvalue weighted by Crippen LogP contribution is 1.93. The van der Waals surface area contributed by atoms with Crippen LogP contribution < -0.4 is 0 Å². The number of allylic oxidation sites excluding steroid dienone is 4. The van der Waals surface area contributed by atoms with Crippen molar-refractivity contribution in [2.24, 2.45) is 5.92 Å². The van der Waals surface area contributed by atoms with Crippen LogP contribution in [0.2, 0.25) is 0 Å². The first-order valence-electron chi connectivity index (χ1n) is 4.42. The Kier molecular flexibility index (Phi) is 14.5. The fourth-order valence-corrected chi connectivity index (χ4v) is 0.408. The smallest absolute Gasteiger partial charge is 0.0290 e. The second kappa shape index (κ2) is 12.2. The van der Waals surface area contributed by atoms with Crippen molar-refractivity contribution < 1.29 is 0 Å². The summed E-state index contributed by atoms with van der Waals surface area (Å²) >= 11 is 0. The fourth-order valence-electron chi connectivity index (χ4n) is 0.408. The molecule has 0 fully saturated rings. The van der Waals surface area contributed by atoms with Crippen molar-refractivity contribution >= 4 is 0 Å². The van der Waals surface area contributed by atoms with Gasteiger partial charge in [0, 0.05) is 0 Å². The van der Waals surface area contributed by atoms with E-state index in [1.807, 2.05) is 26.0 Å². The van der Waals surface area contributed by atoms with Gasteiger partial charge in [-0.1, -0.05) is 45.1 Å². The van der Waals surface area contributed by atoms with Crippen molar-refractivity contribution in [2.75, 3.05) is 0 Å². The van der Waals surface area contributed by atoms with E-state index in [0.29, 0.717) is 0 Å². The first-order chi connectivity index (χ1) is 5.18. The molecule has 0 aromatic carbocycles. The maximum absolute atomic E-state index is 2.22. The number of hydrogen-bond acceptors (Lipinski definition) is 0. The SMILES string of the molecule is C/C=C\C.CC/C=C/C(C)C. The van der Waals surface area contributed by atoms with Crippen molar-refractivity contribution in [3.63, 3.8) is 0 Å². The molecular weight excluding hydrogens is 132 g/mol. The van der Waals surface area contributed by atoms with Crippen LogP contribution in [0, 0.1) is 5.92 Å². The van der Waals surface area contributed by atoms with Gasteiger partial charge < -0.3 is 0 Å². The highest BCUT2D eigenvalue weighted by atomic mass is 13.8. The van der Waals surface area contributed by atoms with E-state index in [4.69, 9.17) is 0 Å². The Labute approximate surface area is 72.0 Å². The van der Waals surface area contributed by atoms with Crippen molar-refractivity contribution in [3.8, 4) is 0 Å². The zero-order chi connectivity index (χ0) is 9.11. The van der Waals surface area contributed by atoms with Crippen LogP contribution in [-0.4, -0.2) is 0 Å². The van der Waals surface area contributed by atoms with E-state index in [2.05, 4.69) is 32.9 Å². The molecule has 0 heterocycles. The van der Waals surface area contributed by atoms with Gasteiger partial charge in [-0.2, -0.15) is 0 Å². The molecule has 0 nitrogen and oxygen atoms in total. The van der Waals surface area contributed by atoms with Crippen molar-refractivity contribution in [1.29, 1.82) is 0 Å². The first kappa shape index (κ1) is 13.1. The highest BCUT2D eigenvalue weighted by Gasteiger charge is 1.78. The Morgan fingerprint density at radius 3 is 1.64 bits per heavy atom. The molecule has 0 aliphatic heterocycles. The number of hydrogen-bond donors (Lipinski definition) is 0. The van der Waals surface area contributed by atoms with Gasteiger partial charge in [0.15, 0.2) is 0 Å². The summed E-state index contributed by atoms with van der Waals surface area (Å²) in [7, 11) is 0. The lowest BCUT2D eigenvalue weighted by Crippen LogP contribution is -1.74. The first-order valence-corrected chi connectivity index (χ1v) is 4.42. The zero-order valence-corrected chi connectivity index (χ0v) is 8.59. The minimum Gasteiger partial charge on any atom is -0.0919 e. The Morgan fingerprint density at radius 2 is 1.55 bits per heavy atom. The average molecular weight is 154 g/mol. The molecule has 0 radical (unpaired) electrons. The molecule has 0 saturated heterocycles. The molecule has 0 atom stereocenters. The lowest BCUT2D eigenvalue weighted by Gasteiger charge is -1.88. The average Bonchev–Trinajstić information content (AvgIpc) is 2.01. The Hall–Kier alpha value is -0.520. The van der Waals surface area contributed by atoms with E-state index in [1.54, 1.807) is 0 Å². The molecule has 0 saturated carbocycles. The summed E-state index contributed by atoms with van der Waals surface area (Å²) in [4.78, 5) is 0. The summed E-state index contributed by atoms with van der Waals surface area (Å²) in [6.45, 7) is 10.5. The van der Waals surface area contributed by atoms with Crippen molar-refractivity contribution in [3.05, 3.63) is 24.3 Å². The van der Waals surface area contributed by atoms with Crippen LogP contribution in [0.1, 0.15) is 41.0 Å². The Morgan fingerprint density at radius 1 is 1.09 bits per heavy atom. The van der Waals surface area contributed by atoms with Gasteiger partial charge >= 0.3 is 0 Å². The van der Waals surface area contributed by atoms with Crippen LogP contribution >= 0.6 is 0 Å². The summed E-state index contributed by atoms with van der Waals surface area (Å²) in [5.41, 5.74) is 0. The van der Waals surface area contributed by atoms with E-state index in [1.165, 1.54) is 0 Å². The maximum Gasteiger partial charge on any atom is -0.0290 e. The molecule has 0 amide bonds.